The quantitative estimate of drug-likeness (QED) is 0.772. The molecule has 0 aliphatic carbocycles. The van der Waals surface area contributed by atoms with Gasteiger partial charge in [0.05, 0.1) is 22.3 Å². The first-order valence-electron chi connectivity index (χ1n) is 6.90. The van der Waals surface area contributed by atoms with E-state index >= 15 is 0 Å². The summed E-state index contributed by atoms with van der Waals surface area (Å²) in [5, 5.41) is 2.72. The Morgan fingerprint density at radius 3 is 2.70 bits per heavy atom. The zero-order chi connectivity index (χ0) is 16.6. The minimum Gasteiger partial charge on any atom is -0.345 e. The van der Waals surface area contributed by atoms with Crippen molar-refractivity contribution >= 4 is 32.5 Å². The number of amides is 1. The number of carbonyl (C=O) groups excluding carboxylic acids is 1. The molecule has 0 aliphatic rings. The highest BCUT2D eigenvalue weighted by molar-refractivity contribution is 7.90. The Morgan fingerprint density at radius 2 is 1.96 bits per heavy atom. The van der Waals surface area contributed by atoms with Crippen LogP contribution >= 0.6 is 0 Å². The van der Waals surface area contributed by atoms with Crippen molar-refractivity contribution in [2.75, 3.05) is 11.6 Å². The third-order valence-corrected chi connectivity index (χ3v) is 4.77. The number of aromatic nitrogens is 2. The number of anilines is 1. The zero-order valence-electron chi connectivity index (χ0n) is 12.6. The summed E-state index contributed by atoms with van der Waals surface area (Å²) in [5.41, 5.74) is 3.08. The molecule has 3 rings (SSSR count). The maximum absolute atomic E-state index is 12.3. The number of fused-ring (bicyclic) bond motifs is 1. The molecular weight excluding hydrogens is 314 g/mol. The predicted molar refractivity (Wildman–Crippen MR) is 88.3 cm³/mol. The van der Waals surface area contributed by atoms with Crippen molar-refractivity contribution in [1.29, 1.82) is 0 Å². The topological polar surface area (TPSA) is 91.9 Å². The van der Waals surface area contributed by atoms with Crippen LogP contribution in [0.1, 0.15) is 15.9 Å². The highest BCUT2D eigenvalue weighted by atomic mass is 32.2. The van der Waals surface area contributed by atoms with E-state index in [2.05, 4.69) is 15.3 Å². The van der Waals surface area contributed by atoms with Crippen molar-refractivity contribution in [3.8, 4) is 0 Å². The van der Waals surface area contributed by atoms with Crippen LogP contribution < -0.4 is 5.32 Å². The van der Waals surface area contributed by atoms with Gasteiger partial charge in [0.2, 0.25) is 0 Å². The van der Waals surface area contributed by atoms with Gasteiger partial charge in [-0.05, 0) is 42.8 Å². The number of aromatic amines is 1. The highest BCUT2D eigenvalue weighted by Gasteiger charge is 2.13. The lowest BCUT2D eigenvalue weighted by molar-refractivity contribution is 0.102. The third kappa shape index (κ3) is 3.09. The van der Waals surface area contributed by atoms with Crippen LogP contribution in [0.2, 0.25) is 0 Å². The number of H-pyrrole nitrogens is 1. The zero-order valence-corrected chi connectivity index (χ0v) is 13.4. The Bertz CT molecular complexity index is 1010. The Hall–Kier alpha value is -2.67. The van der Waals surface area contributed by atoms with Crippen LogP contribution in [0.3, 0.4) is 0 Å². The second-order valence-electron chi connectivity index (χ2n) is 5.34. The maximum Gasteiger partial charge on any atom is 0.255 e. The number of rotatable bonds is 3. The number of hydrogen-bond acceptors (Lipinski definition) is 4. The van der Waals surface area contributed by atoms with Crippen molar-refractivity contribution < 1.29 is 13.2 Å². The number of imidazole rings is 1. The van der Waals surface area contributed by atoms with Crippen LogP contribution in [0.5, 0.6) is 0 Å². The molecule has 7 heteroatoms. The van der Waals surface area contributed by atoms with Crippen molar-refractivity contribution in [3.63, 3.8) is 0 Å². The molecular formula is C16H15N3O3S. The van der Waals surface area contributed by atoms with Crippen LogP contribution in [0.25, 0.3) is 11.0 Å². The molecule has 118 valence electrons. The van der Waals surface area contributed by atoms with Gasteiger partial charge in [-0.25, -0.2) is 13.4 Å². The fraction of sp³-hybridized carbons (Fsp3) is 0.125. The van der Waals surface area contributed by atoms with E-state index in [0.29, 0.717) is 16.8 Å². The van der Waals surface area contributed by atoms with Gasteiger partial charge in [-0.2, -0.15) is 0 Å². The fourth-order valence-electron chi connectivity index (χ4n) is 2.36. The summed E-state index contributed by atoms with van der Waals surface area (Å²) in [7, 11) is -3.34. The number of benzene rings is 2. The summed E-state index contributed by atoms with van der Waals surface area (Å²) < 4.78 is 23.5. The molecule has 0 radical (unpaired) electrons. The fourth-order valence-corrected chi connectivity index (χ4v) is 3.35. The Labute approximate surface area is 133 Å². The van der Waals surface area contributed by atoms with Crippen molar-refractivity contribution in [3.05, 3.63) is 53.9 Å². The lowest BCUT2D eigenvalue weighted by Crippen LogP contribution is -2.12. The smallest absolute Gasteiger partial charge is 0.255 e. The van der Waals surface area contributed by atoms with Crippen molar-refractivity contribution in [1.82, 2.24) is 9.97 Å². The molecule has 3 aromatic rings. The number of aryl methyl sites for hydroxylation is 1. The lowest BCUT2D eigenvalue weighted by Gasteiger charge is -2.09. The molecule has 0 atom stereocenters. The molecule has 1 amide bonds. The lowest BCUT2D eigenvalue weighted by atomic mass is 10.1. The molecule has 1 aromatic heterocycles. The normalized spacial score (nSPS) is 11.6. The summed E-state index contributed by atoms with van der Waals surface area (Å²) in [6, 6.07) is 9.93. The molecule has 0 fully saturated rings. The van der Waals surface area contributed by atoms with Gasteiger partial charge in [-0.3, -0.25) is 4.79 Å². The van der Waals surface area contributed by atoms with Gasteiger partial charge in [-0.1, -0.05) is 6.07 Å². The predicted octanol–water partition coefficient (Wildman–Crippen LogP) is 2.53. The van der Waals surface area contributed by atoms with Crippen molar-refractivity contribution in [2.45, 2.75) is 11.8 Å². The molecule has 6 nitrogen and oxygen atoms in total. The second-order valence-corrected chi connectivity index (χ2v) is 7.33. The summed E-state index contributed by atoms with van der Waals surface area (Å²) in [5.74, 6) is -0.315. The number of nitrogens with one attached hydrogen (secondary N) is 2. The summed E-state index contributed by atoms with van der Waals surface area (Å²) in [4.78, 5) is 19.6. The first-order chi connectivity index (χ1) is 10.8. The molecule has 2 aromatic carbocycles. The molecule has 2 N–H and O–H groups in total. The van der Waals surface area contributed by atoms with Gasteiger partial charge < -0.3 is 10.3 Å². The van der Waals surface area contributed by atoms with Gasteiger partial charge in [0.1, 0.15) is 0 Å². The largest absolute Gasteiger partial charge is 0.345 e. The molecule has 0 spiro atoms. The molecule has 1 heterocycles. The Kier molecular flexibility index (Phi) is 3.65. The highest BCUT2D eigenvalue weighted by Crippen LogP contribution is 2.21. The van der Waals surface area contributed by atoms with Crippen LogP contribution in [0, 0.1) is 6.92 Å². The molecule has 0 aliphatic heterocycles. The second kappa shape index (κ2) is 5.51. The average Bonchev–Trinajstić information content (AvgIpc) is 2.95. The minimum absolute atomic E-state index is 0.208. The summed E-state index contributed by atoms with van der Waals surface area (Å²) in [6.07, 6.45) is 2.71. The van der Waals surface area contributed by atoms with E-state index in [1.807, 2.05) is 0 Å². The third-order valence-electron chi connectivity index (χ3n) is 3.53. The van der Waals surface area contributed by atoms with E-state index in [1.54, 1.807) is 43.6 Å². The Balaban J connectivity index is 1.90. The molecule has 0 unspecified atom stereocenters. The number of carbonyl (C=O) groups is 1. The molecule has 0 saturated carbocycles. The van der Waals surface area contributed by atoms with Gasteiger partial charge in [0, 0.05) is 17.5 Å². The first-order valence-corrected chi connectivity index (χ1v) is 8.79. The van der Waals surface area contributed by atoms with Crippen molar-refractivity contribution in [2.24, 2.45) is 0 Å². The average molecular weight is 329 g/mol. The monoisotopic (exact) mass is 329 g/mol. The molecule has 0 bridgehead atoms. The van der Waals surface area contributed by atoms with Crippen LogP contribution in [-0.4, -0.2) is 30.5 Å². The van der Waals surface area contributed by atoms with Gasteiger partial charge in [-0.15, -0.1) is 0 Å². The van der Waals surface area contributed by atoms with E-state index in [-0.39, 0.29) is 10.8 Å². The van der Waals surface area contributed by atoms with E-state index < -0.39 is 9.84 Å². The van der Waals surface area contributed by atoms with Crippen LogP contribution in [0.15, 0.2) is 47.6 Å². The SMILES string of the molecule is Cc1ccc(NC(=O)c2ccc3nc[nH]c3c2)cc1S(C)(=O)=O. The standard InChI is InChI=1S/C16H15N3O3S/c1-10-3-5-12(8-15(10)23(2,21)22)19-16(20)11-4-6-13-14(7-11)18-9-17-13/h3-9H,1-2H3,(H,17,18)(H,19,20). The van der Waals surface area contributed by atoms with Gasteiger partial charge in [0.15, 0.2) is 9.84 Å². The molecule has 0 saturated heterocycles. The van der Waals surface area contributed by atoms with Gasteiger partial charge in [0.25, 0.3) is 5.91 Å². The number of hydrogen-bond donors (Lipinski definition) is 2. The minimum atomic E-state index is -3.34. The number of sulfone groups is 1. The number of nitrogens with zero attached hydrogens (tertiary/aromatic N) is 1. The summed E-state index contributed by atoms with van der Waals surface area (Å²) >= 11 is 0. The van der Waals surface area contributed by atoms with E-state index in [0.717, 1.165) is 17.3 Å². The Morgan fingerprint density at radius 1 is 1.17 bits per heavy atom. The first kappa shape index (κ1) is 15.2. The van der Waals surface area contributed by atoms with E-state index in [9.17, 15) is 13.2 Å². The van der Waals surface area contributed by atoms with Crippen LogP contribution in [0.4, 0.5) is 5.69 Å². The maximum atomic E-state index is 12.3. The summed E-state index contributed by atoms with van der Waals surface area (Å²) in [6.45, 7) is 1.72. The van der Waals surface area contributed by atoms with E-state index in [1.165, 1.54) is 6.07 Å². The van der Waals surface area contributed by atoms with E-state index in [4.69, 9.17) is 0 Å². The molecule has 23 heavy (non-hydrogen) atoms. The van der Waals surface area contributed by atoms with Crippen LogP contribution in [-0.2, 0) is 9.84 Å². The van der Waals surface area contributed by atoms with Gasteiger partial charge >= 0.3 is 0 Å².